The predicted molar refractivity (Wildman–Crippen MR) is 115 cm³/mol. The third kappa shape index (κ3) is 4.12. The van der Waals surface area contributed by atoms with Crippen LogP contribution >= 0.6 is 34.2 Å². The van der Waals surface area contributed by atoms with Gasteiger partial charge < -0.3 is 9.73 Å². The molecular formula is C20H19ClIN3O2. The summed E-state index contributed by atoms with van der Waals surface area (Å²) in [5, 5.41) is 3.60. The Balaban J connectivity index is 1.61. The zero-order chi connectivity index (χ0) is 18.8. The van der Waals surface area contributed by atoms with Crippen molar-refractivity contribution in [3.05, 3.63) is 53.1 Å². The van der Waals surface area contributed by atoms with E-state index in [0.29, 0.717) is 27.6 Å². The van der Waals surface area contributed by atoms with Gasteiger partial charge in [-0.3, -0.25) is 9.69 Å². The van der Waals surface area contributed by atoms with E-state index in [-0.39, 0.29) is 11.9 Å². The molecule has 4 rings (SSSR count). The van der Waals surface area contributed by atoms with Gasteiger partial charge in [0.05, 0.1) is 10.1 Å². The number of nitrogens with one attached hydrogen (secondary N) is 1. The molecule has 3 aromatic rings. The molecule has 0 radical (unpaired) electrons. The summed E-state index contributed by atoms with van der Waals surface area (Å²) < 4.78 is 6.88. The Morgan fingerprint density at radius 1 is 1.26 bits per heavy atom. The van der Waals surface area contributed by atoms with E-state index in [1.165, 1.54) is 0 Å². The largest absolute Gasteiger partial charge is 0.436 e. The standard InChI is InChI=1S/C20H19ClIN3O2/c21-14-10-16(19(26)23-15-6-8-25(12-22)9-7-15)18-17(11-14)27-20(24-18)13-4-2-1-3-5-13/h1-5,10-11,15H,6-9,12H2,(H,23,26). The van der Waals surface area contributed by atoms with Crippen molar-refractivity contribution in [3.63, 3.8) is 0 Å². The van der Waals surface area contributed by atoms with Crippen LogP contribution in [0.5, 0.6) is 0 Å². The molecule has 5 nitrogen and oxygen atoms in total. The lowest BCUT2D eigenvalue weighted by Crippen LogP contribution is -2.44. The number of hydrogen-bond donors (Lipinski definition) is 1. The molecule has 1 aromatic heterocycles. The Morgan fingerprint density at radius 2 is 2.00 bits per heavy atom. The normalized spacial score (nSPS) is 15.9. The number of hydrogen-bond acceptors (Lipinski definition) is 4. The zero-order valence-electron chi connectivity index (χ0n) is 14.6. The van der Waals surface area contributed by atoms with Crippen molar-refractivity contribution in [2.75, 3.05) is 17.6 Å². The quantitative estimate of drug-likeness (QED) is 0.323. The number of halogens is 2. The molecule has 0 aliphatic carbocycles. The van der Waals surface area contributed by atoms with Crippen LogP contribution in [0.2, 0.25) is 5.02 Å². The molecule has 140 valence electrons. The van der Waals surface area contributed by atoms with Crippen LogP contribution in [0.3, 0.4) is 0 Å². The fourth-order valence-corrected chi connectivity index (χ4v) is 4.22. The number of carbonyl (C=O) groups is 1. The first-order valence-electron chi connectivity index (χ1n) is 8.89. The van der Waals surface area contributed by atoms with E-state index in [0.717, 1.165) is 36.0 Å². The minimum atomic E-state index is -0.150. The number of carbonyl (C=O) groups excluding carboxylic acids is 1. The highest BCUT2D eigenvalue weighted by Gasteiger charge is 2.23. The molecule has 27 heavy (non-hydrogen) atoms. The van der Waals surface area contributed by atoms with E-state index >= 15 is 0 Å². The monoisotopic (exact) mass is 495 g/mol. The third-order valence-electron chi connectivity index (χ3n) is 4.82. The highest BCUT2D eigenvalue weighted by Crippen LogP contribution is 2.29. The molecule has 1 aliphatic rings. The second kappa shape index (κ2) is 8.16. The van der Waals surface area contributed by atoms with Gasteiger partial charge in [0, 0.05) is 35.8 Å². The first kappa shape index (κ1) is 18.7. The van der Waals surface area contributed by atoms with Crippen LogP contribution < -0.4 is 5.32 Å². The summed E-state index contributed by atoms with van der Waals surface area (Å²) in [5.74, 6) is 0.334. The summed E-state index contributed by atoms with van der Waals surface area (Å²) in [4.78, 5) is 19.9. The molecule has 0 atom stereocenters. The molecule has 2 heterocycles. The summed E-state index contributed by atoms with van der Waals surface area (Å²) in [5.41, 5.74) is 2.38. The Kier molecular flexibility index (Phi) is 5.66. The highest BCUT2D eigenvalue weighted by atomic mass is 127. The number of benzene rings is 2. The molecule has 1 fully saturated rings. The molecule has 0 bridgehead atoms. The molecule has 0 saturated carbocycles. The van der Waals surface area contributed by atoms with E-state index in [1.807, 2.05) is 30.3 Å². The number of amides is 1. The molecule has 2 aromatic carbocycles. The third-order valence-corrected chi connectivity index (χ3v) is 6.00. The van der Waals surface area contributed by atoms with E-state index in [4.69, 9.17) is 16.0 Å². The molecule has 1 aliphatic heterocycles. The van der Waals surface area contributed by atoms with Crippen LogP contribution in [-0.4, -0.2) is 39.5 Å². The number of rotatable bonds is 4. The van der Waals surface area contributed by atoms with Gasteiger partial charge in [0.25, 0.3) is 5.91 Å². The van der Waals surface area contributed by atoms with Crippen molar-refractivity contribution in [1.82, 2.24) is 15.2 Å². The maximum atomic E-state index is 12.9. The van der Waals surface area contributed by atoms with Gasteiger partial charge in [0.1, 0.15) is 5.52 Å². The Morgan fingerprint density at radius 3 is 2.70 bits per heavy atom. The van der Waals surface area contributed by atoms with Gasteiger partial charge in [-0.2, -0.15) is 0 Å². The van der Waals surface area contributed by atoms with Gasteiger partial charge >= 0.3 is 0 Å². The lowest BCUT2D eigenvalue weighted by Gasteiger charge is -2.30. The number of oxazole rings is 1. The fourth-order valence-electron chi connectivity index (χ4n) is 3.33. The Labute approximate surface area is 176 Å². The molecule has 1 N–H and O–H groups in total. The molecule has 7 heteroatoms. The molecule has 0 unspecified atom stereocenters. The van der Waals surface area contributed by atoms with Crippen molar-refractivity contribution in [1.29, 1.82) is 0 Å². The number of nitrogens with zero attached hydrogens (tertiary/aromatic N) is 2. The van der Waals surface area contributed by atoms with E-state index in [1.54, 1.807) is 12.1 Å². The van der Waals surface area contributed by atoms with Crippen LogP contribution in [0.15, 0.2) is 46.9 Å². The summed E-state index contributed by atoms with van der Waals surface area (Å²) in [6, 6.07) is 13.2. The van der Waals surface area contributed by atoms with Crippen molar-refractivity contribution in [3.8, 4) is 11.5 Å². The number of fused-ring (bicyclic) bond motifs is 1. The predicted octanol–water partition coefficient (Wildman–Crippen LogP) is 4.73. The molecular weight excluding hydrogens is 477 g/mol. The molecule has 0 spiro atoms. The van der Waals surface area contributed by atoms with E-state index in [9.17, 15) is 4.79 Å². The van der Waals surface area contributed by atoms with Gasteiger partial charge in [-0.1, -0.05) is 52.4 Å². The average Bonchev–Trinajstić information content (AvgIpc) is 3.12. The summed E-state index contributed by atoms with van der Waals surface area (Å²) in [6.07, 6.45) is 1.90. The van der Waals surface area contributed by atoms with Gasteiger partial charge in [0.2, 0.25) is 5.89 Å². The highest BCUT2D eigenvalue weighted by molar-refractivity contribution is 14.1. The van der Waals surface area contributed by atoms with Gasteiger partial charge in [0.15, 0.2) is 5.58 Å². The average molecular weight is 496 g/mol. The van der Waals surface area contributed by atoms with Crippen molar-refractivity contribution in [2.45, 2.75) is 18.9 Å². The Hall–Kier alpha value is -1.64. The number of likely N-dealkylation sites (tertiary alicyclic amines) is 1. The van der Waals surface area contributed by atoms with Crippen LogP contribution in [0.25, 0.3) is 22.6 Å². The number of aromatic nitrogens is 1. The summed E-state index contributed by atoms with van der Waals surface area (Å²) in [7, 11) is 0. The zero-order valence-corrected chi connectivity index (χ0v) is 17.5. The van der Waals surface area contributed by atoms with Gasteiger partial charge in [-0.25, -0.2) is 4.98 Å². The second-order valence-electron chi connectivity index (χ2n) is 6.67. The first-order chi connectivity index (χ1) is 13.1. The van der Waals surface area contributed by atoms with Crippen LogP contribution in [-0.2, 0) is 0 Å². The fraction of sp³-hybridized carbons (Fsp3) is 0.300. The van der Waals surface area contributed by atoms with Crippen LogP contribution in [0.1, 0.15) is 23.2 Å². The minimum absolute atomic E-state index is 0.150. The molecule has 1 saturated heterocycles. The topological polar surface area (TPSA) is 58.4 Å². The van der Waals surface area contributed by atoms with Gasteiger partial charge in [-0.15, -0.1) is 0 Å². The van der Waals surface area contributed by atoms with Gasteiger partial charge in [-0.05, 0) is 31.0 Å². The first-order valence-corrected chi connectivity index (χ1v) is 10.8. The maximum Gasteiger partial charge on any atom is 0.253 e. The Bertz CT molecular complexity index is 953. The summed E-state index contributed by atoms with van der Waals surface area (Å²) in [6.45, 7) is 2.00. The maximum absolute atomic E-state index is 12.9. The smallest absolute Gasteiger partial charge is 0.253 e. The van der Waals surface area contributed by atoms with Crippen molar-refractivity contribution >= 4 is 51.2 Å². The number of piperidine rings is 1. The lowest BCUT2D eigenvalue weighted by atomic mass is 10.0. The van der Waals surface area contributed by atoms with Crippen LogP contribution in [0.4, 0.5) is 0 Å². The number of alkyl halides is 1. The summed E-state index contributed by atoms with van der Waals surface area (Å²) >= 11 is 8.60. The van der Waals surface area contributed by atoms with E-state index in [2.05, 4.69) is 37.8 Å². The van der Waals surface area contributed by atoms with Crippen LogP contribution in [0, 0.1) is 0 Å². The van der Waals surface area contributed by atoms with Crippen molar-refractivity contribution < 1.29 is 9.21 Å². The van der Waals surface area contributed by atoms with Crippen molar-refractivity contribution in [2.24, 2.45) is 0 Å². The van der Waals surface area contributed by atoms with E-state index < -0.39 is 0 Å². The lowest BCUT2D eigenvalue weighted by molar-refractivity contribution is 0.0918. The second-order valence-corrected chi connectivity index (χ2v) is 7.79. The molecule has 1 amide bonds. The SMILES string of the molecule is O=C(NC1CCN(CI)CC1)c1cc(Cl)cc2oc(-c3ccccc3)nc12. The minimum Gasteiger partial charge on any atom is -0.436 e.